The van der Waals surface area contributed by atoms with Crippen molar-refractivity contribution in [3.05, 3.63) is 30.1 Å². The molecule has 0 saturated carbocycles. The Bertz CT molecular complexity index is 829. The molecule has 3 heterocycles. The van der Waals surface area contributed by atoms with Gasteiger partial charge < -0.3 is 14.4 Å². The highest BCUT2D eigenvalue weighted by molar-refractivity contribution is 6.03. The SMILES string of the molecule is COc1ccc(N2CC(C(=O)Nc3n[nH]c(C4CCCO4)n3)CC2=O)cc1. The summed E-state index contributed by atoms with van der Waals surface area (Å²) in [6, 6.07) is 7.19. The van der Waals surface area contributed by atoms with Crippen molar-refractivity contribution in [3.63, 3.8) is 0 Å². The highest BCUT2D eigenvalue weighted by Gasteiger charge is 2.35. The van der Waals surface area contributed by atoms with Crippen molar-refractivity contribution in [2.75, 3.05) is 30.5 Å². The molecule has 0 radical (unpaired) electrons. The van der Waals surface area contributed by atoms with Gasteiger partial charge in [0, 0.05) is 25.3 Å². The first-order chi connectivity index (χ1) is 13.1. The summed E-state index contributed by atoms with van der Waals surface area (Å²) in [6.45, 7) is 1.03. The monoisotopic (exact) mass is 371 g/mol. The predicted molar refractivity (Wildman–Crippen MR) is 96.4 cm³/mol. The Balaban J connectivity index is 1.38. The molecule has 2 aromatic rings. The van der Waals surface area contributed by atoms with Crippen LogP contribution in [-0.4, -0.2) is 47.3 Å². The Morgan fingerprint density at radius 3 is 2.89 bits per heavy atom. The van der Waals surface area contributed by atoms with E-state index in [0.717, 1.165) is 18.5 Å². The first-order valence-electron chi connectivity index (χ1n) is 8.93. The maximum atomic E-state index is 12.5. The summed E-state index contributed by atoms with van der Waals surface area (Å²) in [6.07, 6.45) is 1.93. The van der Waals surface area contributed by atoms with Crippen LogP contribution in [0.3, 0.4) is 0 Å². The number of hydrogen-bond donors (Lipinski definition) is 2. The third-order valence-electron chi connectivity index (χ3n) is 4.85. The van der Waals surface area contributed by atoms with Gasteiger partial charge in [-0.3, -0.25) is 20.0 Å². The molecule has 1 aromatic carbocycles. The average molecular weight is 371 g/mol. The lowest BCUT2D eigenvalue weighted by molar-refractivity contribution is -0.122. The number of H-pyrrole nitrogens is 1. The summed E-state index contributed by atoms with van der Waals surface area (Å²) in [7, 11) is 1.59. The molecule has 2 amide bonds. The van der Waals surface area contributed by atoms with E-state index in [2.05, 4.69) is 20.5 Å². The Morgan fingerprint density at radius 1 is 1.37 bits per heavy atom. The van der Waals surface area contributed by atoms with Gasteiger partial charge in [-0.25, -0.2) is 0 Å². The molecule has 4 rings (SSSR count). The number of aromatic nitrogens is 3. The summed E-state index contributed by atoms with van der Waals surface area (Å²) in [5.41, 5.74) is 0.745. The van der Waals surface area contributed by atoms with E-state index < -0.39 is 5.92 Å². The fraction of sp³-hybridized carbons (Fsp3) is 0.444. The molecule has 9 nitrogen and oxygen atoms in total. The van der Waals surface area contributed by atoms with Crippen LogP contribution >= 0.6 is 0 Å². The van der Waals surface area contributed by atoms with Crippen molar-refractivity contribution in [3.8, 4) is 5.75 Å². The predicted octanol–water partition coefficient (Wildman–Crippen LogP) is 1.66. The summed E-state index contributed by atoms with van der Waals surface area (Å²) in [4.78, 5) is 30.8. The fourth-order valence-electron chi connectivity index (χ4n) is 3.37. The molecular formula is C18H21N5O4. The average Bonchev–Trinajstić information content (AvgIpc) is 3.42. The summed E-state index contributed by atoms with van der Waals surface area (Å²) in [5, 5.41) is 9.53. The Morgan fingerprint density at radius 2 is 2.19 bits per heavy atom. The number of hydrogen-bond acceptors (Lipinski definition) is 6. The summed E-state index contributed by atoms with van der Waals surface area (Å²) in [5.74, 6) is 0.731. The van der Waals surface area contributed by atoms with Gasteiger partial charge in [0.1, 0.15) is 11.9 Å². The van der Waals surface area contributed by atoms with Gasteiger partial charge in [0.2, 0.25) is 17.8 Å². The molecule has 142 valence electrons. The van der Waals surface area contributed by atoms with Crippen LogP contribution in [0, 0.1) is 5.92 Å². The number of rotatable bonds is 5. The Kier molecular flexibility index (Phi) is 4.76. The maximum absolute atomic E-state index is 12.5. The van der Waals surface area contributed by atoms with E-state index in [-0.39, 0.29) is 30.3 Å². The molecule has 2 aliphatic heterocycles. The molecule has 2 unspecified atom stereocenters. The molecule has 2 aliphatic rings. The second-order valence-electron chi connectivity index (χ2n) is 6.64. The van der Waals surface area contributed by atoms with Crippen LogP contribution in [0.4, 0.5) is 11.6 Å². The second-order valence-corrected chi connectivity index (χ2v) is 6.64. The highest BCUT2D eigenvalue weighted by Crippen LogP contribution is 2.28. The van der Waals surface area contributed by atoms with Crippen LogP contribution in [0.25, 0.3) is 0 Å². The van der Waals surface area contributed by atoms with Crippen LogP contribution in [0.5, 0.6) is 5.75 Å². The topological polar surface area (TPSA) is 109 Å². The summed E-state index contributed by atoms with van der Waals surface area (Å²) >= 11 is 0. The van der Waals surface area contributed by atoms with Crippen LogP contribution in [0.1, 0.15) is 31.2 Å². The molecule has 0 spiro atoms. The molecule has 1 aromatic heterocycles. The molecule has 2 N–H and O–H groups in total. The third kappa shape index (κ3) is 3.63. The van der Waals surface area contributed by atoms with Gasteiger partial charge in [0.05, 0.1) is 13.0 Å². The van der Waals surface area contributed by atoms with Crippen molar-refractivity contribution in [2.45, 2.75) is 25.4 Å². The van der Waals surface area contributed by atoms with Gasteiger partial charge in [-0.2, -0.15) is 4.98 Å². The maximum Gasteiger partial charge on any atom is 0.248 e. The van der Waals surface area contributed by atoms with Gasteiger partial charge in [-0.05, 0) is 37.1 Å². The molecule has 0 bridgehead atoms. The summed E-state index contributed by atoms with van der Waals surface area (Å²) < 4.78 is 10.7. The molecule has 2 saturated heterocycles. The van der Waals surface area contributed by atoms with Crippen LogP contribution in [0.15, 0.2) is 24.3 Å². The number of nitrogens with one attached hydrogen (secondary N) is 2. The number of aromatic amines is 1. The number of anilines is 2. The quantitative estimate of drug-likeness (QED) is 0.827. The molecular weight excluding hydrogens is 350 g/mol. The largest absolute Gasteiger partial charge is 0.497 e. The van der Waals surface area contributed by atoms with Crippen molar-refractivity contribution in [1.29, 1.82) is 0 Å². The van der Waals surface area contributed by atoms with Crippen LogP contribution in [0.2, 0.25) is 0 Å². The normalized spacial score (nSPS) is 22.3. The smallest absolute Gasteiger partial charge is 0.248 e. The molecule has 27 heavy (non-hydrogen) atoms. The van der Waals surface area contributed by atoms with Crippen molar-refractivity contribution in [2.24, 2.45) is 5.92 Å². The standard InChI is InChI=1S/C18H21N5O4/c1-26-13-6-4-12(5-7-13)23-10-11(9-15(23)24)17(25)20-18-19-16(21-22-18)14-3-2-8-27-14/h4-7,11,14H,2-3,8-10H2,1H3,(H2,19,20,21,22,25). The number of methoxy groups -OCH3 is 1. The second kappa shape index (κ2) is 7.36. The number of carbonyl (C=O) groups excluding carboxylic acids is 2. The van der Waals surface area contributed by atoms with Crippen molar-refractivity contribution in [1.82, 2.24) is 15.2 Å². The molecule has 2 atom stereocenters. The lowest BCUT2D eigenvalue weighted by Crippen LogP contribution is -2.28. The Hall–Kier alpha value is -2.94. The van der Waals surface area contributed by atoms with Crippen molar-refractivity contribution < 1.29 is 19.1 Å². The number of amides is 2. The van der Waals surface area contributed by atoms with Crippen LogP contribution in [-0.2, 0) is 14.3 Å². The lowest BCUT2D eigenvalue weighted by Gasteiger charge is -2.16. The number of ether oxygens (including phenoxy) is 2. The molecule has 0 aliphatic carbocycles. The van der Waals surface area contributed by atoms with Gasteiger partial charge in [0.15, 0.2) is 5.82 Å². The number of benzene rings is 1. The highest BCUT2D eigenvalue weighted by atomic mass is 16.5. The van der Waals surface area contributed by atoms with Gasteiger partial charge in [0.25, 0.3) is 0 Å². The Labute approximate surface area is 156 Å². The van der Waals surface area contributed by atoms with E-state index in [0.29, 0.717) is 24.7 Å². The number of nitrogens with zero attached hydrogens (tertiary/aromatic N) is 3. The van der Waals surface area contributed by atoms with E-state index in [1.807, 2.05) is 0 Å². The third-order valence-corrected chi connectivity index (χ3v) is 4.85. The van der Waals surface area contributed by atoms with Gasteiger partial charge in [-0.1, -0.05) is 0 Å². The number of carbonyl (C=O) groups is 2. The van der Waals surface area contributed by atoms with E-state index in [9.17, 15) is 9.59 Å². The first kappa shape index (κ1) is 17.5. The van der Waals surface area contributed by atoms with E-state index in [4.69, 9.17) is 9.47 Å². The fourth-order valence-corrected chi connectivity index (χ4v) is 3.37. The molecule has 9 heteroatoms. The van der Waals surface area contributed by atoms with E-state index in [1.54, 1.807) is 36.3 Å². The van der Waals surface area contributed by atoms with Gasteiger partial charge >= 0.3 is 0 Å². The minimum absolute atomic E-state index is 0.0876. The van der Waals surface area contributed by atoms with Crippen LogP contribution < -0.4 is 15.0 Å². The zero-order valence-electron chi connectivity index (χ0n) is 15.0. The van der Waals surface area contributed by atoms with Gasteiger partial charge in [-0.15, -0.1) is 5.10 Å². The minimum atomic E-state index is -0.454. The van der Waals surface area contributed by atoms with Crippen molar-refractivity contribution >= 4 is 23.5 Å². The minimum Gasteiger partial charge on any atom is -0.497 e. The van der Waals surface area contributed by atoms with E-state index in [1.165, 1.54) is 0 Å². The zero-order valence-corrected chi connectivity index (χ0v) is 15.0. The van der Waals surface area contributed by atoms with E-state index >= 15 is 0 Å². The zero-order chi connectivity index (χ0) is 18.8. The first-order valence-corrected chi connectivity index (χ1v) is 8.93. The lowest BCUT2D eigenvalue weighted by atomic mass is 10.1. The molecule has 2 fully saturated rings.